The van der Waals surface area contributed by atoms with Gasteiger partial charge in [0, 0.05) is 16.8 Å². The summed E-state index contributed by atoms with van der Waals surface area (Å²) in [7, 11) is 0. The smallest absolute Gasteiger partial charge is 0.0546 e. The van der Waals surface area contributed by atoms with Gasteiger partial charge in [-0.1, -0.05) is 218 Å². The third kappa shape index (κ3) is 6.55. The minimum atomic E-state index is 1.09. The normalized spacial score (nSPS) is 11.6. The zero-order valence-corrected chi connectivity index (χ0v) is 36.8. The van der Waals surface area contributed by atoms with Gasteiger partial charge in [-0.2, -0.15) is 0 Å². The van der Waals surface area contributed by atoms with E-state index in [9.17, 15) is 0 Å². The first-order chi connectivity index (χ1) is 33.2. The molecule has 0 amide bonds. The van der Waals surface area contributed by atoms with Gasteiger partial charge in [0.05, 0.1) is 5.69 Å². The fourth-order valence-electron chi connectivity index (χ4n) is 10.7. The van der Waals surface area contributed by atoms with Crippen LogP contribution in [-0.4, -0.2) is 0 Å². The molecule has 0 aliphatic carbocycles. The highest BCUT2D eigenvalue weighted by atomic mass is 15.1. The first-order valence-corrected chi connectivity index (χ1v) is 23.2. The fraction of sp³-hybridized carbons (Fsp3) is 0. The molecule has 0 spiro atoms. The van der Waals surface area contributed by atoms with Gasteiger partial charge in [-0.25, -0.2) is 0 Å². The molecule has 0 bridgehead atoms. The lowest BCUT2D eigenvalue weighted by atomic mass is 9.84. The summed E-state index contributed by atoms with van der Waals surface area (Å²) in [5.41, 5.74) is 13.1. The SMILES string of the molecule is c1ccc(-c2c(-c3ccccc3)c3cc(-c4ccc(N(c5ccc(-c6cc7ccccc7c7ccccc67)cc5)c5cc6ccccc6c6ccccc56)cc4)ccc3c3ccccc23)cc1. The van der Waals surface area contributed by atoms with Gasteiger partial charge < -0.3 is 4.90 Å². The van der Waals surface area contributed by atoms with E-state index in [1.165, 1.54) is 109 Å². The summed E-state index contributed by atoms with van der Waals surface area (Å²) in [5, 5.41) is 15.0. The van der Waals surface area contributed by atoms with Crippen LogP contribution in [0.3, 0.4) is 0 Å². The number of hydrogen-bond acceptors (Lipinski definition) is 1. The lowest BCUT2D eigenvalue weighted by Gasteiger charge is -2.28. The van der Waals surface area contributed by atoms with Crippen LogP contribution < -0.4 is 4.90 Å². The van der Waals surface area contributed by atoms with Crippen LogP contribution in [0.15, 0.2) is 261 Å². The molecule has 0 radical (unpaired) electrons. The van der Waals surface area contributed by atoms with Crippen LogP contribution in [0.2, 0.25) is 0 Å². The van der Waals surface area contributed by atoms with E-state index in [0.717, 1.165) is 17.1 Å². The third-order valence-electron chi connectivity index (χ3n) is 13.8. The molecule has 0 saturated heterocycles. The van der Waals surface area contributed by atoms with Crippen molar-refractivity contribution in [2.45, 2.75) is 0 Å². The Balaban J connectivity index is 0.977. The molecule has 0 aliphatic rings. The van der Waals surface area contributed by atoms with Crippen molar-refractivity contribution in [3.63, 3.8) is 0 Å². The van der Waals surface area contributed by atoms with Gasteiger partial charge in [0.15, 0.2) is 0 Å². The highest BCUT2D eigenvalue weighted by Gasteiger charge is 2.21. The van der Waals surface area contributed by atoms with Gasteiger partial charge in [0.2, 0.25) is 0 Å². The summed E-state index contributed by atoms with van der Waals surface area (Å²) in [5.74, 6) is 0. The number of nitrogens with zero attached hydrogens (tertiary/aromatic N) is 1. The molecule has 0 heterocycles. The average molecular weight is 850 g/mol. The van der Waals surface area contributed by atoms with Crippen molar-refractivity contribution >= 4 is 81.7 Å². The van der Waals surface area contributed by atoms with E-state index >= 15 is 0 Å². The van der Waals surface area contributed by atoms with Gasteiger partial charge >= 0.3 is 0 Å². The minimum Gasteiger partial charge on any atom is -0.310 e. The Kier molecular flexibility index (Phi) is 9.25. The van der Waals surface area contributed by atoms with Crippen molar-refractivity contribution in [2.24, 2.45) is 0 Å². The van der Waals surface area contributed by atoms with Gasteiger partial charge in [0.25, 0.3) is 0 Å². The summed E-state index contributed by atoms with van der Waals surface area (Å²) in [6.07, 6.45) is 0. The van der Waals surface area contributed by atoms with Gasteiger partial charge in [-0.15, -0.1) is 0 Å². The average Bonchev–Trinajstić information content (AvgIpc) is 3.41. The Bertz CT molecular complexity index is 4000. The Morgan fingerprint density at radius 3 is 1.21 bits per heavy atom. The molecule has 67 heavy (non-hydrogen) atoms. The summed E-state index contributed by atoms with van der Waals surface area (Å²) < 4.78 is 0. The topological polar surface area (TPSA) is 3.24 Å². The molecule has 0 fully saturated rings. The van der Waals surface area contributed by atoms with E-state index in [0.29, 0.717) is 0 Å². The van der Waals surface area contributed by atoms with Gasteiger partial charge in [-0.05, 0) is 146 Å². The molecule has 13 rings (SSSR count). The molecule has 1 nitrogen and oxygen atoms in total. The molecule has 0 unspecified atom stereocenters. The van der Waals surface area contributed by atoms with Crippen molar-refractivity contribution in [3.8, 4) is 44.5 Å². The van der Waals surface area contributed by atoms with E-state index in [1.807, 2.05) is 0 Å². The number of fused-ring (bicyclic) bond motifs is 9. The molecule has 13 aromatic carbocycles. The second-order valence-electron chi connectivity index (χ2n) is 17.6. The molecular weight excluding hydrogens is 807 g/mol. The number of benzene rings is 13. The molecule has 13 aromatic rings. The van der Waals surface area contributed by atoms with Crippen molar-refractivity contribution in [1.82, 2.24) is 0 Å². The number of rotatable bonds is 7. The van der Waals surface area contributed by atoms with Crippen LogP contribution in [0, 0.1) is 0 Å². The van der Waals surface area contributed by atoms with Gasteiger partial charge in [0.1, 0.15) is 0 Å². The fourth-order valence-corrected chi connectivity index (χ4v) is 10.7. The van der Waals surface area contributed by atoms with Crippen molar-refractivity contribution < 1.29 is 0 Å². The summed E-state index contributed by atoms with van der Waals surface area (Å²) in [4.78, 5) is 2.44. The monoisotopic (exact) mass is 849 g/mol. The number of hydrogen-bond donors (Lipinski definition) is 0. The highest BCUT2D eigenvalue weighted by molar-refractivity contribution is 6.22. The zero-order valence-electron chi connectivity index (χ0n) is 36.8. The van der Waals surface area contributed by atoms with Crippen LogP contribution in [0.25, 0.3) is 109 Å². The maximum atomic E-state index is 2.44. The zero-order chi connectivity index (χ0) is 44.3. The van der Waals surface area contributed by atoms with E-state index in [-0.39, 0.29) is 0 Å². The third-order valence-corrected chi connectivity index (χ3v) is 13.8. The predicted octanol–water partition coefficient (Wildman–Crippen LogP) is 18.7. The summed E-state index contributed by atoms with van der Waals surface area (Å²) >= 11 is 0. The van der Waals surface area contributed by atoms with Gasteiger partial charge in [-0.3, -0.25) is 0 Å². The Morgan fingerprint density at radius 1 is 0.209 bits per heavy atom. The maximum Gasteiger partial charge on any atom is 0.0546 e. The molecule has 0 saturated carbocycles. The predicted molar refractivity (Wildman–Crippen MR) is 288 cm³/mol. The van der Waals surface area contributed by atoms with E-state index < -0.39 is 0 Å². The molecule has 312 valence electrons. The second-order valence-corrected chi connectivity index (χ2v) is 17.6. The van der Waals surface area contributed by atoms with Crippen molar-refractivity contribution in [1.29, 1.82) is 0 Å². The lowest BCUT2D eigenvalue weighted by molar-refractivity contribution is 1.30. The van der Waals surface area contributed by atoms with Crippen LogP contribution in [0.1, 0.15) is 0 Å². The first-order valence-electron chi connectivity index (χ1n) is 23.2. The van der Waals surface area contributed by atoms with Crippen LogP contribution in [0.4, 0.5) is 17.1 Å². The quantitative estimate of drug-likeness (QED) is 0.144. The second kappa shape index (κ2) is 16.0. The molecule has 0 N–H and O–H groups in total. The highest BCUT2D eigenvalue weighted by Crippen LogP contribution is 2.47. The largest absolute Gasteiger partial charge is 0.310 e. The van der Waals surface area contributed by atoms with E-state index in [1.54, 1.807) is 0 Å². The van der Waals surface area contributed by atoms with Crippen LogP contribution in [-0.2, 0) is 0 Å². The van der Waals surface area contributed by atoms with Crippen molar-refractivity contribution in [2.75, 3.05) is 4.90 Å². The Labute approximate surface area is 390 Å². The standard InChI is InChI=1S/C66H43N/c1-3-17-46(18-4-1)65-61-30-16-14-27-57(61)59-40-35-48(41-63(59)66(65)47-19-5-2-6-20-47)44-31-36-51(37-32-44)67(64-43-50-22-8-10-24-54(50)56-26-13-15-29-60(56)64)52-38-33-45(34-39-52)62-42-49-21-7-9-23-53(49)55-25-11-12-28-58(55)62/h1-43H. The van der Waals surface area contributed by atoms with Crippen LogP contribution in [0.5, 0.6) is 0 Å². The first kappa shape index (κ1) is 38.7. The summed E-state index contributed by atoms with van der Waals surface area (Å²) in [6.45, 7) is 0. The molecular formula is C66H43N. The Morgan fingerprint density at radius 2 is 0.612 bits per heavy atom. The molecule has 1 heteroatoms. The molecule has 0 aromatic heterocycles. The summed E-state index contributed by atoms with van der Waals surface area (Å²) in [6, 6.07) is 95.8. The Hall–Kier alpha value is -8.78. The van der Waals surface area contributed by atoms with E-state index in [4.69, 9.17) is 0 Å². The number of anilines is 3. The van der Waals surface area contributed by atoms with Crippen LogP contribution >= 0.6 is 0 Å². The maximum absolute atomic E-state index is 2.44. The van der Waals surface area contributed by atoms with E-state index in [2.05, 4.69) is 266 Å². The minimum absolute atomic E-state index is 1.09. The lowest BCUT2D eigenvalue weighted by Crippen LogP contribution is -2.10. The molecule has 0 aliphatic heterocycles. The molecule has 0 atom stereocenters. The van der Waals surface area contributed by atoms with Crippen molar-refractivity contribution in [3.05, 3.63) is 261 Å².